The predicted molar refractivity (Wildman–Crippen MR) is 84.8 cm³/mol. The molecule has 1 heterocycles. The first-order valence-corrected chi connectivity index (χ1v) is 7.73. The van der Waals surface area contributed by atoms with Crippen molar-refractivity contribution in [1.29, 1.82) is 0 Å². The average molecular weight is 302 g/mol. The van der Waals surface area contributed by atoms with Gasteiger partial charge in [0.05, 0.1) is 12.7 Å². The molecule has 5 heteroatoms. The van der Waals surface area contributed by atoms with Crippen LogP contribution >= 0.6 is 0 Å². The molecule has 5 nitrogen and oxygen atoms in total. The number of ether oxygens (including phenoxy) is 2. The molecule has 1 fully saturated rings. The van der Waals surface area contributed by atoms with E-state index in [0.29, 0.717) is 24.6 Å². The van der Waals surface area contributed by atoms with Gasteiger partial charge in [0.1, 0.15) is 18.1 Å². The van der Waals surface area contributed by atoms with Crippen LogP contribution < -0.4 is 20.5 Å². The Labute approximate surface area is 130 Å². The number of hydrogen-bond acceptors (Lipinski definition) is 4. The number of nitrogens with two attached hydrogens (primary N) is 1. The molecular weight excluding hydrogens is 280 g/mol. The first kappa shape index (κ1) is 14.9. The SMILES string of the molecule is COc1ccc2c(c1)C=C(C(=O)NC1CCCC1CN)CO2. The highest BCUT2D eigenvalue weighted by Gasteiger charge is 2.28. The second-order valence-electron chi connectivity index (χ2n) is 5.87. The Balaban J connectivity index is 1.74. The van der Waals surface area contributed by atoms with E-state index < -0.39 is 0 Å². The second-order valence-corrected chi connectivity index (χ2v) is 5.87. The molecule has 3 N–H and O–H groups in total. The van der Waals surface area contributed by atoms with Crippen LogP contribution in [0.4, 0.5) is 0 Å². The van der Waals surface area contributed by atoms with E-state index >= 15 is 0 Å². The molecule has 1 saturated carbocycles. The minimum absolute atomic E-state index is 0.0566. The summed E-state index contributed by atoms with van der Waals surface area (Å²) in [6.45, 7) is 0.922. The van der Waals surface area contributed by atoms with E-state index in [9.17, 15) is 4.79 Å². The van der Waals surface area contributed by atoms with Crippen LogP contribution in [0.3, 0.4) is 0 Å². The fourth-order valence-electron chi connectivity index (χ4n) is 3.18. The molecule has 22 heavy (non-hydrogen) atoms. The Hall–Kier alpha value is -2.01. The third kappa shape index (κ3) is 2.95. The molecular formula is C17H22N2O3. The molecule has 0 saturated heterocycles. The molecule has 118 valence electrons. The zero-order chi connectivity index (χ0) is 15.5. The molecule has 1 amide bonds. The van der Waals surface area contributed by atoms with E-state index in [2.05, 4.69) is 5.32 Å². The van der Waals surface area contributed by atoms with Crippen molar-refractivity contribution in [1.82, 2.24) is 5.32 Å². The van der Waals surface area contributed by atoms with Gasteiger partial charge < -0.3 is 20.5 Å². The number of carbonyl (C=O) groups is 1. The summed E-state index contributed by atoms with van der Waals surface area (Å²) in [7, 11) is 1.62. The molecule has 3 rings (SSSR count). The Morgan fingerprint density at radius 3 is 3.09 bits per heavy atom. The van der Waals surface area contributed by atoms with Crippen LogP contribution in [-0.2, 0) is 4.79 Å². The normalized spacial score (nSPS) is 23.3. The quantitative estimate of drug-likeness (QED) is 0.888. The minimum atomic E-state index is -0.0566. The topological polar surface area (TPSA) is 73.6 Å². The number of fused-ring (bicyclic) bond motifs is 1. The lowest BCUT2D eigenvalue weighted by Gasteiger charge is -2.22. The van der Waals surface area contributed by atoms with Crippen LogP contribution in [-0.4, -0.2) is 32.2 Å². The highest BCUT2D eigenvalue weighted by Crippen LogP contribution is 2.30. The number of rotatable bonds is 4. The van der Waals surface area contributed by atoms with E-state index in [0.717, 1.165) is 36.3 Å². The number of benzene rings is 1. The fraction of sp³-hybridized carbons (Fsp3) is 0.471. The highest BCUT2D eigenvalue weighted by atomic mass is 16.5. The van der Waals surface area contributed by atoms with Gasteiger partial charge in [0, 0.05) is 11.6 Å². The van der Waals surface area contributed by atoms with Crippen molar-refractivity contribution in [3.63, 3.8) is 0 Å². The van der Waals surface area contributed by atoms with E-state index in [1.807, 2.05) is 24.3 Å². The third-order valence-electron chi connectivity index (χ3n) is 4.50. The first-order valence-electron chi connectivity index (χ1n) is 7.73. The summed E-state index contributed by atoms with van der Waals surface area (Å²) in [5, 5.41) is 3.11. The van der Waals surface area contributed by atoms with Gasteiger partial charge in [0.2, 0.25) is 0 Å². The number of methoxy groups -OCH3 is 1. The maximum absolute atomic E-state index is 12.4. The summed E-state index contributed by atoms with van der Waals surface area (Å²) in [6.07, 6.45) is 5.11. The molecule has 1 aliphatic heterocycles. The van der Waals surface area contributed by atoms with E-state index in [1.165, 1.54) is 0 Å². The van der Waals surface area contributed by atoms with E-state index in [1.54, 1.807) is 7.11 Å². The number of hydrogen-bond donors (Lipinski definition) is 2. The standard InChI is InChI=1S/C17H22N2O3/c1-21-14-5-6-16-12(8-14)7-13(10-22-16)17(20)19-15-4-2-3-11(15)9-18/h5-8,11,15H,2-4,9-10,18H2,1H3,(H,19,20). The number of amides is 1. The lowest BCUT2D eigenvalue weighted by molar-refractivity contribution is -0.118. The van der Waals surface area contributed by atoms with Gasteiger partial charge in [0.25, 0.3) is 5.91 Å². The third-order valence-corrected chi connectivity index (χ3v) is 4.50. The van der Waals surface area contributed by atoms with Crippen LogP contribution in [0, 0.1) is 5.92 Å². The Kier molecular flexibility index (Phi) is 4.34. The predicted octanol–water partition coefficient (Wildman–Crippen LogP) is 1.71. The van der Waals surface area contributed by atoms with Crippen molar-refractivity contribution in [3.05, 3.63) is 29.3 Å². The zero-order valence-electron chi connectivity index (χ0n) is 12.8. The molecule has 2 unspecified atom stereocenters. The largest absolute Gasteiger partial charge is 0.497 e. The summed E-state index contributed by atoms with van der Waals surface area (Å²) in [5.74, 6) is 1.86. The smallest absolute Gasteiger partial charge is 0.250 e. The van der Waals surface area contributed by atoms with Crippen molar-refractivity contribution >= 4 is 12.0 Å². The zero-order valence-corrected chi connectivity index (χ0v) is 12.8. The molecule has 0 radical (unpaired) electrons. The highest BCUT2D eigenvalue weighted by molar-refractivity contribution is 5.99. The van der Waals surface area contributed by atoms with Crippen molar-refractivity contribution in [3.8, 4) is 11.5 Å². The summed E-state index contributed by atoms with van der Waals surface area (Å²) >= 11 is 0. The Bertz CT molecular complexity index is 598. The molecule has 2 atom stereocenters. The second kappa shape index (κ2) is 6.40. The van der Waals surface area contributed by atoms with Crippen LogP contribution in [0.15, 0.2) is 23.8 Å². The van der Waals surface area contributed by atoms with Gasteiger partial charge in [-0.25, -0.2) is 0 Å². The van der Waals surface area contributed by atoms with Crippen molar-refractivity contribution in [2.24, 2.45) is 11.7 Å². The average Bonchev–Trinajstić information content (AvgIpc) is 3.00. The summed E-state index contributed by atoms with van der Waals surface area (Å²) in [4.78, 5) is 12.4. The van der Waals surface area contributed by atoms with Gasteiger partial charge in [0.15, 0.2) is 0 Å². The summed E-state index contributed by atoms with van der Waals surface area (Å²) in [6, 6.07) is 5.77. The molecule has 2 aliphatic rings. The van der Waals surface area contributed by atoms with Gasteiger partial charge in [-0.15, -0.1) is 0 Å². The van der Waals surface area contributed by atoms with Gasteiger partial charge in [-0.2, -0.15) is 0 Å². The van der Waals surface area contributed by atoms with Gasteiger partial charge in [-0.1, -0.05) is 6.42 Å². The van der Waals surface area contributed by atoms with E-state index in [-0.39, 0.29) is 11.9 Å². The lowest BCUT2D eigenvalue weighted by Crippen LogP contribution is -2.41. The van der Waals surface area contributed by atoms with Crippen molar-refractivity contribution in [2.75, 3.05) is 20.3 Å². The van der Waals surface area contributed by atoms with Gasteiger partial charge in [-0.05, 0) is 49.6 Å². The Morgan fingerprint density at radius 1 is 1.45 bits per heavy atom. The lowest BCUT2D eigenvalue weighted by atomic mass is 10.0. The first-order chi connectivity index (χ1) is 10.7. The minimum Gasteiger partial charge on any atom is -0.497 e. The van der Waals surface area contributed by atoms with E-state index in [4.69, 9.17) is 15.2 Å². The van der Waals surface area contributed by atoms with Crippen LogP contribution in [0.25, 0.3) is 6.08 Å². The Morgan fingerprint density at radius 2 is 2.32 bits per heavy atom. The number of carbonyl (C=O) groups excluding carboxylic acids is 1. The maximum atomic E-state index is 12.4. The molecule has 0 spiro atoms. The van der Waals surface area contributed by atoms with Crippen LogP contribution in [0.2, 0.25) is 0 Å². The summed E-state index contributed by atoms with van der Waals surface area (Å²) in [5.41, 5.74) is 7.28. The number of nitrogens with one attached hydrogen (secondary N) is 1. The molecule has 1 aromatic rings. The maximum Gasteiger partial charge on any atom is 0.250 e. The van der Waals surface area contributed by atoms with Gasteiger partial charge in [-0.3, -0.25) is 4.79 Å². The molecule has 1 aromatic carbocycles. The molecule has 0 aromatic heterocycles. The van der Waals surface area contributed by atoms with Gasteiger partial charge >= 0.3 is 0 Å². The molecule has 1 aliphatic carbocycles. The molecule has 0 bridgehead atoms. The van der Waals surface area contributed by atoms with Crippen molar-refractivity contribution in [2.45, 2.75) is 25.3 Å². The van der Waals surface area contributed by atoms with Crippen LogP contribution in [0.1, 0.15) is 24.8 Å². The van der Waals surface area contributed by atoms with Crippen molar-refractivity contribution < 1.29 is 14.3 Å². The summed E-state index contributed by atoms with van der Waals surface area (Å²) < 4.78 is 10.9. The monoisotopic (exact) mass is 302 g/mol. The van der Waals surface area contributed by atoms with Crippen LogP contribution in [0.5, 0.6) is 11.5 Å². The fourth-order valence-corrected chi connectivity index (χ4v) is 3.18.